The number of carbonyl (C=O) groups excluding carboxylic acids is 2. The van der Waals surface area contributed by atoms with Crippen LogP contribution >= 0.6 is 39.3 Å². The van der Waals surface area contributed by atoms with Crippen LogP contribution in [0.1, 0.15) is 65.7 Å². The van der Waals surface area contributed by atoms with Crippen LogP contribution in [0.15, 0.2) is 20.4 Å². The van der Waals surface area contributed by atoms with Gasteiger partial charge in [0.2, 0.25) is 12.2 Å². The molecule has 0 saturated carbocycles. The van der Waals surface area contributed by atoms with Gasteiger partial charge < -0.3 is 24.0 Å². The van der Waals surface area contributed by atoms with Crippen LogP contribution in [0.25, 0.3) is 0 Å². The lowest BCUT2D eigenvalue weighted by molar-refractivity contribution is -0.148. The van der Waals surface area contributed by atoms with E-state index in [2.05, 4.69) is 31.0 Å². The van der Waals surface area contributed by atoms with Crippen LogP contribution in [0.4, 0.5) is 23.7 Å². The summed E-state index contributed by atoms with van der Waals surface area (Å²) < 4.78 is 47.8. The maximum absolute atomic E-state index is 13.4. The number of thioether (sulfide) groups is 1. The Morgan fingerprint density at radius 1 is 1.17 bits per heavy atom. The molecule has 266 valence electrons. The van der Waals surface area contributed by atoms with E-state index >= 15 is 0 Å². The lowest BCUT2D eigenvalue weighted by Gasteiger charge is -2.46. The summed E-state index contributed by atoms with van der Waals surface area (Å²) in [5.41, 5.74) is 0.697. The first-order valence-corrected chi connectivity index (χ1v) is 18.0. The maximum Gasteiger partial charge on any atom is 0.451 e. The molecular formula is C31H43BrClF3N8O3S. The Labute approximate surface area is 297 Å². The average Bonchev–Trinajstić information content (AvgIpc) is 3.44. The molecule has 0 N–H and O–H groups in total. The van der Waals surface area contributed by atoms with Gasteiger partial charge in [-0.25, -0.2) is 4.79 Å². The number of piperazine rings is 1. The van der Waals surface area contributed by atoms with Gasteiger partial charge in [-0.2, -0.15) is 13.2 Å². The van der Waals surface area contributed by atoms with Crippen molar-refractivity contribution in [2.24, 2.45) is 4.99 Å². The zero-order valence-corrected chi connectivity index (χ0v) is 31.6. The first kappa shape index (κ1) is 38.2. The second kappa shape index (κ2) is 15.1. The molecule has 3 aliphatic heterocycles. The van der Waals surface area contributed by atoms with E-state index in [1.807, 2.05) is 53.4 Å². The molecular weight excluding hydrogens is 737 g/mol. The van der Waals surface area contributed by atoms with Crippen LogP contribution in [-0.4, -0.2) is 111 Å². The minimum Gasteiger partial charge on any atom is -0.444 e. The van der Waals surface area contributed by atoms with Crippen molar-refractivity contribution in [3.8, 4) is 0 Å². The molecule has 2 unspecified atom stereocenters. The topological polar surface area (TPSA) is 99.4 Å². The number of alkyl halides is 3. The summed E-state index contributed by atoms with van der Waals surface area (Å²) in [5.74, 6) is 0.425. The normalized spacial score (nSPS) is 21.7. The van der Waals surface area contributed by atoms with Crippen LogP contribution in [0.2, 0.25) is 5.02 Å². The van der Waals surface area contributed by atoms with Gasteiger partial charge in [-0.15, -0.1) is 22.0 Å². The van der Waals surface area contributed by atoms with E-state index in [0.29, 0.717) is 58.5 Å². The zero-order valence-electron chi connectivity index (χ0n) is 28.4. The number of hydrogen-bond acceptors (Lipinski definition) is 9. The summed E-state index contributed by atoms with van der Waals surface area (Å²) in [6.45, 7) is 15.4. The van der Waals surface area contributed by atoms with Crippen molar-refractivity contribution in [3.05, 3.63) is 32.8 Å². The summed E-state index contributed by atoms with van der Waals surface area (Å²) in [6, 6.07) is 1.12. The third-order valence-electron chi connectivity index (χ3n) is 8.07. The van der Waals surface area contributed by atoms with Crippen LogP contribution in [0.3, 0.4) is 0 Å². The molecule has 48 heavy (non-hydrogen) atoms. The predicted octanol–water partition coefficient (Wildman–Crippen LogP) is 6.40. The predicted molar refractivity (Wildman–Crippen MR) is 185 cm³/mol. The molecule has 0 spiro atoms. The van der Waals surface area contributed by atoms with Crippen LogP contribution in [0, 0.1) is 0 Å². The molecule has 1 saturated heterocycles. The Morgan fingerprint density at radius 2 is 1.85 bits per heavy atom. The van der Waals surface area contributed by atoms with E-state index in [0.717, 1.165) is 15.9 Å². The molecule has 2 amide bonds. The highest BCUT2D eigenvalue weighted by molar-refractivity contribution is 9.10. The van der Waals surface area contributed by atoms with Crippen LogP contribution < -0.4 is 4.90 Å². The minimum atomic E-state index is -4.57. The molecule has 3 atom stereocenters. The second-order valence-electron chi connectivity index (χ2n) is 12.8. The van der Waals surface area contributed by atoms with Crippen molar-refractivity contribution in [1.82, 2.24) is 29.5 Å². The monoisotopic (exact) mass is 778 g/mol. The Bertz CT molecular complexity index is 1540. The standard InChI is InChI=1S/C29H37BrClF3N8O3S.C2H6/c1-16-11-42(27(44)45-28(3,4)5)17(2)10-41(16)25-19-9-20(31)22(30)24(23(19)38(6)15-43)46-14-18(35-25)12-39-7-8-40-21(13-39)36-37-26(40)29(32,33)34;1-2/h9,15-18H,7-8,10-14H2,1-6H3;1-2H3/t16?,17-,18?;/m1./s1. The van der Waals surface area contributed by atoms with Crippen molar-refractivity contribution in [1.29, 1.82) is 0 Å². The van der Waals surface area contributed by atoms with Crippen molar-refractivity contribution < 1.29 is 27.5 Å². The largest absolute Gasteiger partial charge is 0.451 e. The highest BCUT2D eigenvalue weighted by atomic mass is 79.9. The van der Waals surface area contributed by atoms with E-state index in [9.17, 15) is 22.8 Å². The first-order chi connectivity index (χ1) is 22.5. The molecule has 1 fully saturated rings. The number of amidine groups is 1. The van der Waals surface area contributed by atoms with Crippen molar-refractivity contribution in [2.75, 3.05) is 43.9 Å². The van der Waals surface area contributed by atoms with Gasteiger partial charge in [-0.05, 0) is 56.6 Å². The molecule has 2 aromatic rings. The van der Waals surface area contributed by atoms with E-state index in [-0.39, 0.29) is 43.1 Å². The van der Waals surface area contributed by atoms with E-state index < -0.39 is 17.6 Å². The number of benzene rings is 1. The Hall–Kier alpha value is -2.56. The lowest BCUT2D eigenvalue weighted by atomic mass is 10.0. The quantitative estimate of drug-likeness (QED) is 0.329. The van der Waals surface area contributed by atoms with Crippen molar-refractivity contribution >= 4 is 63.3 Å². The van der Waals surface area contributed by atoms with Gasteiger partial charge in [0.15, 0.2) is 0 Å². The minimum absolute atomic E-state index is 0.114. The Kier molecular flexibility index (Phi) is 12.1. The van der Waals surface area contributed by atoms with E-state index in [4.69, 9.17) is 21.3 Å². The number of aliphatic imine (C=N–C) groups is 1. The smallest absolute Gasteiger partial charge is 0.444 e. The fourth-order valence-electron chi connectivity index (χ4n) is 5.95. The second-order valence-corrected chi connectivity index (χ2v) is 15.1. The Morgan fingerprint density at radius 3 is 2.48 bits per heavy atom. The lowest BCUT2D eigenvalue weighted by Crippen LogP contribution is -2.60. The van der Waals surface area contributed by atoms with E-state index in [1.54, 1.807) is 18.0 Å². The number of nitrogens with zero attached hydrogens (tertiary/aromatic N) is 8. The molecule has 1 aromatic heterocycles. The fourth-order valence-corrected chi connectivity index (χ4v) is 8.02. The summed E-state index contributed by atoms with van der Waals surface area (Å²) in [7, 11) is 1.68. The first-order valence-electron chi connectivity index (χ1n) is 15.9. The molecule has 4 heterocycles. The third kappa shape index (κ3) is 8.24. The van der Waals surface area contributed by atoms with Crippen LogP contribution in [-0.2, 0) is 28.8 Å². The van der Waals surface area contributed by atoms with Gasteiger partial charge in [-0.3, -0.25) is 14.7 Å². The summed E-state index contributed by atoms with van der Waals surface area (Å²) in [5, 5.41) is 7.71. The third-order valence-corrected chi connectivity index (χ3v) is 10.9. The van der Waals surface area contributed by atoms with Gasteiger partial charge in [0, 0.05) is 68.1 Å². The van der Waals surface area contributed by atoms with Gasteiger partial charge in [0.05, 0.1) is 27.8 Å². The summed E-state index contributed by atoms with van der Waals surface area (Å²) in [6.07, 6.45) is -4.22. The average molecular weight is 780 g/mol. The summed E-state index contributed by atoms with van der Waals surface area (Å²) >= 11 is 11.9. The molecule has 3 aliphatic rings. The molecule has 5 rings (SSSR count). The van der Waals surface area contributed by atoms with Gasteiger partial charge in [-0.1, -0.05) is 25.4 Å². The number of carbonyl (C=O) groups is 2. The van der Waals surface area contributed by atoms with Gasteiger partial charge >= 0.3 is 12.3 Å². The van der Waals surface area contributed by atoms with Crippen molar-refractivity contribution in [2.45, 2.75) is 96.4 Å². The number of rotatable bonds is 4. The number of amides is 2. The number of halogens is 5. The molecule has 2 bridgehead atoms. The van der Waals surface area contributed by atoms with Gasteiger partial charge in [0.25, 0.3) is 0 Å². The molecule has 1 aromatic carbocycles. The number of hydrogen-bond donors (Lipinski definition) is 0. The summed E-state index contributed by atoms with van der Waals surface area (Å²) in [4.78, 5) is 38.7. The van der Waals surface area contributed by atoms with Gasteiger partial charge in [0.1, 0.15) is 17.3 Å². The molecule has 0 radical (unpaired) electrons. The SMILES string of the molecule is CC.CC1CN(C(=O)OC(C)(C)C)[C@H](C)CN1C1=NC(CN2CCn3c(nnc3C(F)(F)F)C2)CSc2c(Br)c(Cl)cc1c2N(C)C=O. The Balaban J connectivity index is 0.00000255. The van der Waals surface area contributed by atoms with Crippen LogP contribution in [0.5, 0.6) is 0 Å². The number of fused-ring (bicyclic) bond motifs is 3. The highest BCUT2D eigenvalue weighted by Gasteiger charge is 2.41. The number of ether oxygens (including phenoxy) is 1. The molecule has 11 nitrogen and oxygen atoms in total. The maximum atomic E-state index is 13.4. The number of aromatic nitrogens is 3. The molecule has 0 aliphatic carbocycles. The van der Waals surface area contributed by atoms with E-state index in [1.165, 1.54) is 16.7 Å². The highest BCUT2D eigenvalue weighted by Crippen LogP contribution is 2.45. The number of anilines is 1. The molecule has 17 heteroatoms. The fraction of sp³-hybridized carbons (Fsp3) is 0.645. The van der Waals surface area contributed by atoms with Crippen molar-refractivity contribution in [3.63, 3.8) is 0 Å². The zero-order chi connectivity index (χ0) is 35.7.